The van der Waals surface area contributed by atoms with Crippen LogP contribution in [0.5, 0.6) is 0 Å². The van der Waals surface area contributed by atoms with Crippen molar-refractivity contribution in [2.75, 3.05) is 19.6 Å². The summed E-state index contributed by atoms with van der Waals surface area (Å²) in [5.74, 6) is -0.329. The second-order valence-electron chi connectivity index (χ2n) is 3.93. The van der Waals surface area contributed by atoms with Gasteiger partial charge in [0.15, 0.2) is 0 Å². The minimum atomic E-state index is -0.551. The molecule has 1 aliphatic heterocycles. The maximum Gasteiger partial charge on any atom is 0.317 e. The summed E-state index contributed by atoms with van der Waals surface area (Å²) in [5, 5.41) is 2.70. The van der Waals surface area contributed by atoms with Gasteiger partial charge in [-0.2, -0.15) is 0 Å². The lowest BCUT2D eigenvalue weighted by Gasteiger charge is -2.20. The topological polar surface area (TPSA) is 75.4 Å². The molecule has 1 fully saturated rings. The van der Waals surface area contributed by atoms with Gasteiger partial charge in [0.25, 0.3) is 0 Å². The van der Waals surface area contributed by atoms with E-state index in [-0.39, 0.29) is 11.9 Å². The third kappa shape index (κ3) is 1.97. The summed E-state index contributed by atoms with van der Waals surface area (Å²) in [6.07, 6.45) is 0.652. The standard InChI is InChI=1S/C9H17N3O2/c1-3-11-8(14)12-5-4-9(2,6-12)7(10)13/h3-6H2,1-2H3,(H2,10,13)(H,11,14). The number of urea groups is 1. The predicted octanol–water partition coefficient (Wildman–Crippen LogP) is -0.0868. The van der Waals surface area contributed by atoms with Crippen LogP contribution in [0.2, 0.25) is 0 Å². The Balaban J connectivity index is 2.56. The number of carbonyl (C=O) groups excluding carboxylic acids is 2. The van der Waals surface area contributed by atoms with Crippen LogP contribution in [0.3, 0.4) is 0 Å². The van der Waals surface area contributed by atoms with E-state index < -0.39 is 5.41 Å². The molecular weight excluding hydrogens is 182 g/mol. The van der Waals surface area contributed by atoms with Crippen molar-refractivity contribution in [1.82, 2.24) is 10.2 Å². The first kappa shape index (κ1) is 10.8. The summed E-state index contributed by atoms with van der Waals surface area (Å²) in [4.78, 5) is 24.2. The Bertz CT molecular complexity index is 254. The van der Waals surface area contributed by atoms with Gasteiger partial charge in [-0.1, -0.05) is 0 Å². The molecule has 5 nitrogen and oxygen atoms in total. The predicted molar refractivity (Wildman–Crippen MR) is 52.6 cm³/mol. The molecule has 5 heteroatoms. The highest BCUT2D eigenvalue weighted by Crippen LogP contribution is 2.29. The Morgan fingerprint density at radius 3 is 2.64 bits per heavy atom. The van der Waals surface area contributed by atoms with Crippen molar-refractivity contribution in [3.63, 3.8) is 0 Å². The summed E-state index contributed by atoms with van der Waals surface area (Å²) in [6, 6.07) is -0.113. The first-order chi connectivity index (χ1) is 6.49. The van der Waals surface area contributed by atoms with Gasteiger partial charge < -0.3 is 16.0 Å². The Morgan fingerprint density at radius 1 is 1.57 bits per heavy atom. The Kier molecular flexibility index (Phi) is 2.98. The molecule has 0 spiro atoms. The minimum absolute atomic E-state index is 0.113. The number of primary amides is 1. The van der Waals surface area contributed by atoms with Gasteiger partial charge in [0.1, 0.15) is 0 Å². The van der Waals surface area contributed by atoms with Gasteiger partial charge in [-0.3, -0.25) is 4.79 Å². The molecule has 0 radical (unpaired) electrons. The lowest BCUT2D eigenvalue weighted by Crippen LogP contribution is -2.42. The first-order valence-corrected chi connectivity index (χ1v) is 4.82. The number of amides is 3. The number of hydrogen-bond donors (Lipinski definition) is 2. The second kappa shape index (κ2) is 3.86. The van der Waals surface area contributed by atoms with Crippen LogP contribution in [-0.2, 0) is 4.79 Å². The maximum absolute atomic E-state index is 11.4. The monoisotopic (exact) mass is 199 g/mol. The normalized spacial score (nSPS) is 26.3. The highest BCUT2D eigenvalue weighted by molar-refractivity contribution is 5.83. The molecule has 1 saturated heterocycles. The van der Waals surface area contributed by atoms with Crippen molar-refractivity contribution in [3.8, 4) is 0 Å². The third-order valence-corrected chi connectivity index (χ3v) is 2.68. The summed E-state index contributed by atoms with van der Waals surface area (Å²) >= 11 is 0. The lowest BCUT2D eigenvalue weighted by atomic mass is 9.89. The van der Waals surface area contributed by atoms with Crippen LogP contribution >= 0.6 is 0 Å². The van der Waals surface area contributed by atoms with Gasteiger partial charge in [-0.05, 0) is 20.3 Å². The number of nitrogens with one attached hydrogen (secondary N) is 1. The average Bonchev–Trinajstić information content (AvgIpc) is 2.50. The summed E-state index contributed by atoms with van der Waals surface area (Å²) in [7, 11) is 0. The molecule has 1 atom stereocenters. The molecule has 80 valence electrons. The fraction of sp³-hybridized carbons (Fsp3) is 0.778. The first-order valence-electron chi connectivity index (χ1n) is 4.82. The molecular formula is C9H17N3O2. The molecule has 1 rings (SSSR count). The fourth-order valence-corrected chi connectivity index (χ4v) is 1.60. The Labute approximate surface area is 83.6 Å². The van der Waals surface area contributed by atoms with Crippen molar-refractivity contribution >= 4 is 11.9 Å². The molecule has 1 heterocycles. The van der Waals surface area contributed by atoms with Crippen molar-refractivity contribution in [2.45, 2.75) is 20.3 Å². The number of hydrogen-bond acceptors (Lipinski definition) is 2. The van der Waals surface area contributed by atoms with Crippen LogP contribution in [0.25, 0.3) is 0 Å². The number of rotatable bonds is 2. The third-order valence-electron chi connectivity index (χ3n) is 2.68. The number of carbonyl (C=O) groups is 2. The van der Waals surface area contributed by atoms with Crippen molar-refractivity contribution in [2.24, 2.45) is 11.1 Å². The fourth-order valence-electron chi connectivity index (χ4n) is 1.60. The zero-order valence-electron chi connectivity index (χ0n) is 8.67. The van der Waals surface area contributed by atoms with E-state index in [9.17, 15) is 9.59 Å². The van der Waals surface area contributed by atoms with E-state index in [1.54, 1.807) is 11.8 Å². The van der Waals surface area contributed by atoms with Crippen LogP contribution in [0.4, 0.5) is 4.79 Å². The molecule has 1 aliphatic rings. The van der Waals surface area contributed by atoms with Crippen LogP contribution in [-0.4, -0.2) is 36.5 Å². The second-order valence-corrected chi connectivity index (χ2v) is 3.93. The zero-order chi connectivity index (χ0) is 10.8. The summed E-state index contributed by atoms with van der Waals surface area (Å²) in [5.41, 5.74) is 4.72. The van der Waals surface area contributed by atoms with Crippen molar-refractivity contribution < 1.29 is 9.59 Å². The molecule has 0 aliphatic carbocycles. The van der Waals surface area contributed by atoms with Gasteiger partial charge in [-0.15, -0.1) is 0 Å². The number of nitrogens with zero attached hydrogens (tertiary/aromatic N) is 1. The van der Waals surface area contributed by atoms with E-state index in [1.807, 2.05) is 6.92 Å². The van der Waals surface area contributed by atoms with Crippen LogP contribution < -0.4 is 11.1 Å². The van der Waals surface area contributed by atoms with E-state index >= 15 is 0 Å². The van der Waals surface area contributed by atoms with E-state index in [1.165, 1.54) is 0 Å². The average molecular weight is 199 g/mol. The highest BCUT2D eigenvalue weighted by atomic mass is 16.2. The molecule has 0 saturated carbocycles. The van der Waals surface area contributed by atoms with E-state index in [4.69, 9.17) is 5.73 Å². The number of likely N-dealkylation sites (tertiary alicyclic amines) is 1. The van der Waals surface area contributed by atoms with Gasteiger partial charge in [-0.25, -0.2) is 4.79 Å². The molecule has 1 unspecified atom stereocenters. The smallest absolute Gasteiger partial charge is 0.317 e. The molecule has 3 amide bonds. The minimum Gasteiger partial charge on any atom is -0.369 e. The summed E-state index contributed by atoms with van der Waals surface area (Å²) in [6.45, 7) is 5.29. The maximum atomic E-state index is 11.4. The number of nitrogens with two attached hydrogens (primary N) is 1. The van der Waals surface area contributed by atoms with Gasteiger partial charge in [0.05, 0.1) is 5.41 Å². The zero-order valence-corrected chi connectivity index (χ0v) is 8.67. The van der Waals surface area contributed by atoms with Crippen LogP contribution in [0.15, 0.2) is 0 Å². The van der Waals surface area contributed by atoms with Gasteiger partial charge in [0, 0.05) is 19.6 Å². The molecule has 0 aromatic heterocycles. The molecule has 0 bridgehead atoms. The van der Waals surface area contributed by atoms with Crippen molar-refractivity contribution in [3.05, 3.63) is 0 Å². The molecule has 14 heavy (non-hydrogen) atoms. The Hall–Kier alpha value is -1.26. The molecule has 3 N–H and O–H groups in total. The van der Waals surface area contributed by atoms with E-state index in [2.05, 4.69) is 5.32 Å². The highest BCUT2D eigenvalue weighted by Gasteiger charge is 2.40. The Morgan fingerprint density at radius 2 is 2.21 bits per heavy atom. The van der Waals surface area contributed by atoms with Gasteiger partial charge >= 0.3 is 6.03 Å². The van der Waals surface area contributed by atoms with E-state index in [0.29, 0.717) is 26.1 Å². The molecule has 0 aromatic carbocycles. The largest absolute Gasteiger partial charge is 0.369 e. The summed E-state index contributed by atoms with van der Waals surface area (Å²) < 4.78 is 0. The quantitative estimate of drug-likeness (QED) is 0.652. The van der Waals surface area contributed by atoms with Crippen molar-refractivity contribution in [1.29, 1.82) is 0 Å². The SMILES string of the molecule is CCNC(=O)N1CCC(C)(C(N)=O)C1. The van der Waals surface area contributed by atoms with Crippen LogP contribution in [0.1, 0.15) is 20.3 Å². The molecule has 0 aromatic rings. The lowest BCUT2D eigenvalue weighted by molar-refractivity contribution is -0.126. The van der Waals surface area contributed by atoms with Gasteiger partial charge in [0.2, 0.25) is 5.91 Å². The van der Waals surface area contributed by atoms with Crippen LogP contribution in [0, 0.1) is 5.41 Å². The van der Waals surface area contributed by atoms with E-state index in [0.717, 1.165) is 0 Å².